The van der Waals surface area contributed by atoms with Gasteiger partial charge in [-0.15, -0.1) is 0 Å². The van der Waals surface area contributed by atoms with Crippen LogP contribution in [0.3, 0.4) is 0 Å². The molecule has 0 unspecified atom stereocenters. The lowest BCUT2D eigenvalue weighted by molar-refractivity contribution is -0.118. The number of hydrogen-bond donors (Lipinski definition) is 3. The summed E-state index contributed by atoms with van der Waals surface area (Å²) in [7, 11) is 0. The van der Waals surface area contributed by atoms with Crippen molar-refractivity contribution in [2.45, 2.75) is 13.5 Å². The minimum Gasteiger partial charge on any atom is -0.368 e. The normalized spacial score (nSPS) is 10.4. The van der Waals surface area contributed by atoms with Gasteiger partial charge in [-0.05, 0) is 36.8 Å². The zero-order valence-corrected chi connectivity index (χ0v) is 13.5. The highest BCUT2D eigenvalue weighted by Gasteiger charge is 2.08. The van der Waals surface area contributed by atoms with Crippen molar-refractivity contribution >= 4 is 23.3 Å². The van der Waals surface area contributed by atoms with Crippen molar-refractivity contribution in [1.29, 1.82) is 0 Å². The van der Waals surface area contributed by atoms with E-state index in [0.717, 1.165) is 11.3 Å². The molecule has 0 radical (unpaired) electrons. The fourth-order valence-electron chi connectivity index (χ4n) is 2.31. The highest BCUT2D eigenvalue weighted by molar-refractivity contribution is 6.00. The number of carbonyl (C=O) groups is 2. The first kappa shape index (κ1) is 16.2. The monoisotopic (exact) mass is 339 g/mol. The molecule has 4 N–H and O–H groups in total. The Balaban J connectivity index is 1.64. The Labute approximate surface area is 143 Å². The zero-order chi connectivity index (χ0) is 17.8. The molecule has 0 spiro atoms. The smallest absolute Gasteiger partial charge is 0.323 e. The summed E-state index contributed by atoms with van der Waals surface area (Å²) in [6, 6.07) is 7.03. The van der Waals surface area contributed by atoms with Gasteiger partial charge in [0.2, 0.25) is 5.91 Å². The van der Waals surface area contributed by atoms with Crippen LogP contribution in [-0.4, -0.2) is 31.5 Å². The Morgan fingerprint density at radius 1 is 1.24 bits per heavy atom. The molecule has 2 heterocycles. The summed E-state index contributed by atoms with van der Waals surface area (Å²) in [5, 5.41) is 13.5. The SMILES string of the molecule is Cc1cc(-n2cccn2)ccc1NC(=O)Nc1cnn(CC(N)=O)c1. The summed E-state index contributed by atoms with van der Waals surface area (Å²) in [5.41, 5.74) is 8.04. The molecule has 25 heavy (non-hydrogen) atoms. The maximum Gasteiger partial charge on any atom is 0.323 e. The summed E-state index contributed by atoms with van der Waals surface area (Å²) in [6.07, 6.45) is 6.51. The number of carbonyl (C=O) groups excluding carboxylic acids is 2. The Kier molecular flexibility index (Phi) is 4.46. The number of primary amides is 1. The molecule has 0 aliphatic carbocycles. The molecule has 0 saturated heterocycles. The molecule has 9 nitrogen and oxygen atoms in total. The predicted octanol–water partition coefficient (Wildman–Crippen LogP) is 1.51. The zero-order valence-electron chi connectivity index (χ0n) is 13.5. The molecule has 0 bridgehead atoms. The van der Waals surface area contributed by atoms with Crippen LogP contribution in [0.1, 0.15) is 5.56 Å². The number of benzene rings is 1. The largest absolute Gasteiger partial charge is 0.368 e. The quantitative estimate of drug-likeness (QED) is 0.652. The lowest BCUT2D eigenvalue weighted by Crippen LogP contribution is -2.20. The molecule has 0 aliphatic rings. The Hall–Kier alpha value is -3.62. The molecule has 128 valence electrons. The van der Waals surface area contributed by atoms with E-state index in [2.05, 4.69) is 20.8 Å². The third-order valence-corrected chi connectivity index (χ3v) is 3.44. The number of rotatable bonds is 5. The van der Waals surface area contributed by atoms with Crippen molar-refractivity contribution in [1.82, 2.24) is 19.6 Å². The highest BCUT2D eigenvalue weighted by atomic mass is 16.2. The van der Waals surface area contributed by atoms with E-state index in [1.54, 1.807) is 10.9 Å². The van der Waals surface area contributed by atoms with Gasteiger partial charge in [0.25, 0.3) is 0 Å². The third kappa shape index (κ3) is 4.02. The number of aryl methyl sites for hydroxylation is 1. The summed E-state index contributed by atoms with van der Waals surface area (Å²) < 4.78 is 3.09. The van der Waals surface area contributed by atoms with Gasteiger partial charge in [-0.3, -0.25) is 9.48 Å². The maximum atomic E-state index is 12.1. The van der Waals surface area contributed by atoms with Crippen LogP contribution in [0.15, 0.2) is 49.1 Å². The van der Waals surface area contributed by atoms with E-state index in [4.69, 9.17) is 5.73 Å². The number of anilines is 2. The summed E-state index contributed by atoms with van der Waals surface area (Å²) in [5.74, 6) is -0.507. The molecule has 3 rings (SSSR count). The molecular formula is C16H17N7O2. The van der Waals surface area contributed by atoms with Gasteiger partial charge >= 0.3 is 6.03 Å². The van der Waals surface area contributed by atoms with Gasteiger partial charge < -0.3 is 16.4 Å². The molecule has 0 atom stereocenters. The number of aromatic nitrogens is 4. The highest BCUT2D eigenvalue weighted by Crippen LogP contribution is 2.19. The van der Waals surface area contributed by atoms with Gasteiger partial charge in [0.1, 0.15) is 6.54 Å². The van der Waals surface area contributed by atoms with E-state index in [1.165, 1.54) is 17.1 Å². The first-order valence-electron chi connectivity index (χ1n) is 7.51. The molecule has 0 saturated carbocycles. The van der Waals surface area contributed by atoms with Gasteiger partial charge in [0.05, 0.1) is 17.6 Å². The molecular weight excluding hydrogens is 322 g/mol. The van der Waals surface area contributed by atoms with Crippen molar-refractivity contribution in [3.05, 3.63) is 54.6 Å². The lowest BCUT2D eigenvalue weighted by atomic mass is 10.2. The molecule has 1 aromatic carbocycles. The van der Waals surface area contributed by atoms with Crippen molar-refractivity contribution in [3.63, 3.8) is 0 Å². The second kappa shape index (κ2) is 6.87. The topological polar surface area (TPSA) is 120 Å². The van der Waals surface area contributed by atoms with Gasteiger partial charge in [-0.25, -0.2) is 9.48 Å². The van der Waals surface area contributed by atoms with Crippen LogP contribution in [0.25, 0.3) is 5.69 Å². The van der Waals surface area contributed by atoms with Crippen molar-refractivity contribution in [3.8, 4) is 5.69 Å². The van der Waals surface area contributed by atoms with Crippen LogP contribution in [-0.2, 0) is 11.3 Å². The second-order valence-corrected chi connectivity index (χ2v) is 5.42. The second-order valence-electron chi connectivity index (χ2n) is 5.42. The minimum atomic E-state index is -0.507. The number of amides is 3. The Bertz CT molecular complexity index is 899. The summed E-state index contributed by atoms with van der Waals surface area (Å²) >= 11 is 0. The molecule has 0 aliphatic heterocycles. The predicted molar refractivity (Wildman–Crippen MR) is 92.4 cm³/mol. The van der Waals surface area contributed by atoms with Crippen LogP contribution in [0.5, 0.6) is 0 Å². The summed E-state index contributed by atoms with van der Waals surface area (Å²) in [6.45, 7) is 1.85. The molecule has 3 amide bonds. The number of nitrogens with two attached hydrogens (primary N) is 1. The fraction of sp³-hybridized carbons (Fsp3) is 0.125. The van der Waals surface area contributed by atoms with Crippen LogP contribution in [0, 0.1) is 6.92 Å². The third-order valence-electron chi connectivity index (χ3n) is 3.44. The molecule has 0 fully saturated rings. The Morgan fingerprint density at radius 2 is 2.08 bits per heavy atom. The first-order chi connectivity index (χ1) is 12.0. The van der Waals surface area contributed by atoms with Gasteiger partial charge in [0.15, 0.2) is 0 Å². The standard InChI is InChI=1S/C16H17N7O2/c1-11-7-13(23-6-2-5-18-23)3-4-14(11)21-16(25)20-12-8-19-22(9-12)10-15(17)24/h2-9H,10H2,1H3,(H2,17,24)(H2,20,21,25). The Morgan fingerprint density at radius 3 is 2.76 bits per heavy atom. The van der Waals surface area contributed by atoms with Gasteiger partial charge in [-0.2, -0.15) is 10.2 Å². The van der Waals surface area contributed by atoms with Crippen LogP contribution in [0.4, 0.5) is 16.2 Å². The number of nitrogens with one attached hydrogen (secondary N) is 2. The molecule has 2 aromatic heterocycles. The van der Waals surface area contributed by atoms with E-state index in [9.17, 15) is 9.59 Å². The number of hydrogen-bond acceptors (Lipinski definition) is 4. The van der Waals surface area contributed by atoms with E-state index in [0.29, 0.717) is 11.4 Å². The lowest BCUT2D eigenvalue weighted by Gasteiger charge is -2.10. The number of urea groups is 1. The maximum absolute atomic E-state index is 12.1. The van der Waals surface area contributed by atoms with E-state index in [-0.39, 0.29) is 6.54 Å². The van der Waals surface area contributed by atoms with E-state index in [1.807, 2.05) is 37.4 Å². The van der Waals surface area contributed by atoms with Crippen LogP contribution in [0.2, 0.25) is 0 Å². The average Bonchev–Trinajstić information content (AvgIpc) is 3.21. The van der Waals surface area contributed by atoms with Crippen molar-refractivity contribution in [2.24, 2.45) is 5.73 Å². The number of nitrogens with zero attached hydrogens (tertiary/aromatic N) is 4. The van der Waals surface area contributed by atoms with E-state index < -0.39 is 11.9 Å². The van der Waals surface area contributed by atoms with Crippen LogP contribution < -0.4 is 16.4 Å². The van der Waals surface area contributed by atoms with E-state index >= 15 is 0 Å². The van der Waals surface area contributed by atoms with Gasteiger partial charge in [-0.1, -0.05) is 0 Å². The molecule has 3 aromatic rings. The first-order valence-corrected chi connectivity index (χ1v) is 7.51. The van der Waals surface area contributed by atoms with Gasteiger partial charge in [0, 0.05) is 24.3 Å². The van der Waals surface area contributed by atoms with Crippen molar-refractivity contribution in [2.75, 3.05) is 10.6 Å². The average molecular weight is 339 g/mol. The molecule has 9 heteroatoms. The fourth-order valence-corrected chi connectivity index (χ4v) is 2.31. The van der Waals surface area contributed by atoms with Crippen molar-refractivity contribution < 1.29 is 9.59 Å². The minimum absolute atomic E-state index is 0.0443. The van der Waals surface area contributed by atoms with Crippen LogP contribution >= 0.6 is 0 Å². The summed E-state index contributed by atoms with van der Waals surface area (Å²) in [4.78, 5) is 23.0.